The molecule has 39 heavy (non-hydrogen) atoms. The Labute approximate surface area is 287 Å². The quantitative estimate of drug-likeness (QED) is 0.0437. The summed E-state index contributed by atoms with van der Waals surface area (Å²) in [4.78, 5) is 0. The molecule has 0 N–H and O–H groups in total. The molecule has 0 aromatic heterocycles. The van der Waals surface area contributed by atoms with Crippen LogP contribution in [0.15, 0.2) is 0 Å². The summed E-state index contributed by atoms with van der Waals surface area (Å²) in [6, 6.07) is 0. The van der Waals surface area contributed by atoms with E-state index in [1.165, 1.54) is 141 Å². The normalized spacial score (nSPS) is 12.5. The van der Waals surface area contributed by atoms with Crippen molar-refractivity contribution in [3.63, 3.8) is 0 Å². The van der Waals surface area contributed by atoms with Gasteiger partial charge in [0.1, 0.15) is 0 Å². The van der Waals surface area contributed by atoms with Crippen LogP contribution in [0.1, 0.15) is 200 Å². The maximum atomic E-state index is 14.1. The zero-order valence-electron chi connectivity index (χ0n) is 25.8. The predicted octanol–water partition coefficient (Wildman–Crippen LogP) is 11.3. The van der Waals surface area contributed by atoms with Gasteiger partial charge in [0.15, 0.2) is 0 Å². The van der Waals surface area contributed by atoms with Gasteiger partial charge >= 0.3 is 51.4 Å². The SMILES string of the molecule is CCCCCCCCCCCCCCCCCCCCCOS(=O)(=O)C(F)CCCCCCCCCCC.[KH]. The van der Waals surface area contributed by atoms with Crippen molar-refractivity contribution in [3.05, 3.63) is 0 Å². The van der Waals surface area contributed by atoms with Crippen molar-refractivity contribution in [3.8, 4) is 0 Å². The number of halogens is 1. The second-order valence-corrected chi connectivity index (χ2v) is 13.4. The van der Waals surface area contributed by atoms with Gasteiger partial charge in [-0.05, 0) is 19.3 Å². The monoisotopic (exact) mass is 602 g/mol. The first-order chi connectivity index (χ1) is 18.5. The number of alkyl halides is 1. The standard InChI is InChI=1S/C33H67FO3S.K.H/c1-3-5-7-9-11-13-14-15-16-17-18-19-20-21-22-24-26-28-30-32-37-38(35,36)33(34)31-29-27-25-23-12-10-8-6-4-2;;/h33H,3-32H2,1-2H3;;. The van der Waals surface area contributed by atoms with Crippen LogP contribution in [-0.4, -0.2) is 71.9 Å². The van der Waals surface area contributed by atoms with Crippen LogP contribution in [0.2, 0.25) is 0 Å². The van der Waals surface area contributed by atoms with Gasteiger partial charge in [-0.2, -0.15) is 8.42 Å². The fourth-order valence-corrected chi connectivity index (χ4v) is 6.14. The molecule has 0 heterocycles. The molecule has 1 atom stereocenters. The summed E-state index contributed by atoms with van der Waals surface area (Å²) in [6.45, 7) is 4.62. The van der Waals surface area contributed by atoms with Gasteiger partial charge in [0.05, 0.1) is 6.61 Å². The second-order valence-electron chi connectivity index (χ2n) is 11.7. The van der Waals surface area contributed by atoms with Gasteiger partial charge in [-0.25, -0.2) is 4.39 Å². The first-order valence-corrected chi connectivity index (χ1v) is 18.5. The van der Waals surface area contributed by atoms with E-state index in [0.717, 1.165) is 25.7 Å². The predicted molar refractivity (Wildman–Crippen MR) is 172 cm³/mol. The van der Waals surface area contributed by atoms with E-state index in [2.05, 4.69) is 13.8 Å². The van der Waals surface area contributed by atoms with E-state index >= 15 is 0 Å². The van der Waals surface area contributed by atoms with Crippen molar-refractivity contribution in [2.45, 2.75) is 206 Å². The van der Waals surface area contributed by atoms with Gasteiger partial charge in [0, 0.05) is 0 Å². The molecule has 0 aliphatic heterocycles. The molecule has 0 bridgehead atoms. The van der Waals surface area contributed by atoms with Gasteiger partial charge < -0.3 is 0 Å². The Morgan fingerprint density at radius 1 is 0.462 bits per heavy atom. The summed E-state index contributed by atoms with van der Waals surface area (Å²) >= 11 is 0. The number of rotatable bonds is 32. The molecular formula is C33H68FKO3S. The molecule has 0 spiro atoms. The van der Waals surface area contributed by atoms with Crippen LogP contribution in [0.5, 0.6) is 0 Å². The average Bonchev–Trinajstić information content (AvgIpc) is 2.90. The Kier molecular flexibility index (Phi) is 37.1. The number of hydrogen-bond acceptors (Lipinski definition) is 3. The van der Waals surface area contributed by atoms with Gasteiger partial charge in [0.25, 0.3) is 10.1 Å². The Balaban J connectivity index is 0. The third kappa shape index (κ3) is 32.2. The molecule has 0 aliphatic carbocycles. The Morgan fingerprint density at radius 3 is 1.03 bits per heavy atom. The Morgan fingerprint density at radius 2 is 0.718 bits per heavy atom. The van der Waals surface area contributed by atoms with Crippen LogP contribution in [-0.2, 0) is 14.3 Å². The van der Waals surface area contributed by atoms with Crippen LogP contribution in [0.3, 0.4) is 0 Å². The molecule has 0 aliphatic rings. The first kappa shape index (κ1) is 42.6. The van der Waals surface area contributed by atoms with E-state index < -0.39 is 15.6 Å². The average molecular weight is 603 g/mol. The minimum absolute atomic E-state index is 0. The third-order valence-corrected chi connectivity index (χ3v) is 9.20. The van der Waals surface area contributed by atoms with E-state index in [4.69, 9.17) is 4.18 Å². The van der Waals surface area contributed by atoms with Crippen molar-refractivity contribution >= 4 is 61.5 Å². The van der Waals surface area contributed by atoms with Crippen LogP contribution in [0, 0.1) is 0 Å². The maximum absolute atomic E-state index is 14.1. The minimum atomic E-state index is -4.06. The first-order valence-electron chi connectivity index (χ1n) is 17.1. The second kappa shape index (κ2) is 34.0. The summed E-state index contributed by atoms with van der Waals surface area (Å²) in [5.74, 6) is 0. The fourth-order valence-electron chi connectivity index (χ4n) is 5.19. The van der Waals surface area contributed by atoms with E-state index in [9.17, 15) is 12.8 Å². The molecule has 6 heteroatoms. The molecule has 0 amide bonds. The summed E-state index contributed by atoms with van der Waals surface area (Å²) in [7, 11) is -4.06. The van der Waals surface area contributed by atoms with E-state index in [-0.39, 0.29) is 64.4 Å². The summed E-state index contributed by atoms with van der Waals surface area (Å²) in [5.41, 5.74) is -1.87. The molecular weight excluding hydrogens is 535 g/mol. The topological polar surface area (TPSA) is 43.4 Å². The zero-order valence-corrected chi connectivity index (χ0v) is 26.6. The molecule has 0 rings (SSSR count). The molecule has 0 radical (unpaired) electrons. The number of unbranched alkanes of at least 4 members (excludes halogenated alkanes) is 26. The van der Waals surface area contributed by atoms with Crippen LogP contribution in [0.4, 0.5) is 4.39 Å². The van der Waals surface area contributed by atoms with Crippen LogP contribution >= 0.6 is 0 Å². The third-order valence-electron chi connectivity index (χ3n) is 7.84. The Hall–Kier alpha value is 1.48. The zero-order chi connectivity index (χ0) is 28.0. The molecule has 3 nitrogen and oxygen atoms in total. The van der Waals surface area contributed by atoms with Gasteiger partial charge in [-0.1, -0.05) is 181 Å². The fraction of sp³-hybridized carbons (Fsp3) is 1.00. The molecule has 0 aromatic carbocycles. The summed E-state index contributed by atoms with van der Waals surface area (Å²) < 4.78 is 43.1. The molecule has 1 unspecified atom stereocenters. The molecule has 0 fully saturated rings. The van der Waals surface area contributed by atoms with E-state index in [1.807, 2.05) is 0 Å². The number of hydrogen-bond donors (Lipinski definition) is 0. The Bertz CT molecular complexity index is 559. The van der Waals surface area contributed by atoms with Gasteiger partial charge in [0.2, 0.25) is 5.50 Å². The molecule has 0 saturated heterocycles. The molecule has 232 valence electrons. The van der Waals surface area contributed by atoms with E-state index in [1.54, 1.807) is 0 Å². The van der Waals surface area contributed by atoms with Crippen LogP contribution < -0.4 is 0 Å². The van der Waals surface area contributed by atoms with E-state index in [0.29, 0.717) is 12.8 Å². The molecule has 0 aromatic rings. The van der Waals surface area contributed by atoms with Crippen molar-refractivity contribution in [1.29, 1.82) is 0 Å². The summed E-state index contributed by atoms with van der Waals surface area (Å²) in [5, 5.41) is 0. The van der Waals surface area contributed by atoms with Gasteiger partial charge in [-0.3, -0.25) is 4.18 Å². The van der Waals surface area contributed by atoms with Gasteiger partial charge in [-0.15, -0.1) is 0 Å². The van der Waals surface area contributed by atoms with Crippen molar-refractivity contribution < 1.29 is 17.0 Å². The van der Waals surface area contributed by atoms with Crippen molar-refractivity contribution in [2.24, 2.45) is 0 Å². The van der Waals surface area contributed by atoms with Crippen LogP contribution in [0.25, 0.3) is 0 Å². The summed E-state index contributed by atoms with van der Waals surface area (Å²) in [6.07, 6.45) is 35.0. The molecule has 0 saturated carbocycles. The van der Waals surface area contributed by atoms with Crippen molar-refractivity contribution in [2.75, 3.05) is 6.61 Å². The van der Waals surface area contributed by atoms with Crippen molar-refractivity contribution in [1.82, 2.24) is 0 Å².